The maximum atomic E-state index is 11.0. The first-order valence-electron chi connectivity index (χ1n) is 12.7. The van der Waals surface area contributed by atoms with Gasteiger partial charge in [-0.05, 0) is 37.3 Å². The molecule has 0 spiro atoms. The first kappa shape index (κ1) is 47.6. The van der Waals surface area contributed by atoms with Gasteiger partial charge in [0, 0.05) is 70.3 Å². The number of carboxylic acid groups (broad SMARTS) is 1. The van der Waals surface area contributed by atoms with E-state index in [1.165, 1.54) is 35.5 Å². The first-order valence-corrected chi connectivity index (χ1v) is 13.6. The summed E-state index contributed by atoms with van der Waals surface area (Å²) in [4.78, 5) is 40.7. The summed E-state index contributed by atoms with van der Waals surface area (Å²) in [5.41, 5.74) is 3.03. The molecule has 0 saturated carbocycles. The van der Waals surface area contributed by atoms with E-state index >= 15 is 0 Å². The normalized spacial score (nSPS) is 8.05. The zero-order chi connectivity index (χ0) is 31.5. The minimum Gasteiger partial charge on any atom is -0.545 e. The van der Waals surface area contributed by atoms with E-state index < -0.39 is 5.97 Å². The summed E-state index contributed by atoms with van der Waals surface area (Å²) in [6.07, 6.45) is 1.80. The molecule has 9 heteroatoms. The molecule has 0 fully saturated rings. The molecule has 224 valence electrons. The molecule has 0 atom stereocenters. The number of carbonyl (C=O) groups excluding carboxylic acids is 3. The smallest absolute Gasteiger partial charge is 0.335 e. The van der Waals surface area contributed by atoms with Gasteiger partial charge in [-0.2, -0.15) is 35.4 Å². The Labute approximate surface area is 311 Å². The number of hydrogen-bond acceptors (Lipinski definition) is 6. The zero-order valence-corrected chi connectivity index (χ0v) is 31.9. The van der Waals surface area contributed by atoms with Gasteiger partial charge in [-0.25, -0.2) is 4.79 Å². The van der Waals surface area contributed by atoms with Crippen LogP contribution in [0.1, 0.15) is 54.7 Å². The van der Waals surface area contributed by atoms with Crippen molar-refractivity contribution in [1.29, 1.82) is 0 Å². The largest absolute Gasteiger partial charge is 0.545 e. The molecule has 0 aliphatic carbocycles. The second-order valence-corrected chi connectivity index (χ2v) is 8.23. The van der Waals surface area contributed by atoms with Gasteiger partial charge in [-0.15, -0.1) is 0 Å². The van der Waals surface area contributed by atoms with Crippen molar-refractivity contribution in [3.8, 4) is 5.75 Å². The molecule has 0 bridgehead atoms. The molecule has 43 heavy (non-hydrogen) atoms. The summed E-state index contributed by atoms with van der Waals surface area (Å²) in [6.45, 7) is 15.5. The van der Waals surface area contributed by atoms with Gasteiger partial charge in [0.1, 0.15) is 5.75 Å². The molecule has 0 aromatic heterocycles. The van der Waals surface area contributed by atoms with Crippen molar-refractivity contribution in [2.75, 3.05) is 0 Å². The Morgan fingerprint density at radius 2 is 1.40 bits per heavy atom. The molecule has 4 rings (SSSR count). The molecule has 0 heterocycles. The standard InChI is InChI=1S/C14H10O4S.C8H6O.C7H8.2C2H6.CHO.2Y/c15-9-18-12-7-6-10(14(16)17)8-13(12)19-11-4-2-1-3-5-11;1-7-3-2-4-8(5-7)6-9;1-7-5-3-2-4-6-7;3*1-2;;/h1-9H,(H,16,17);2,4-5H,1H3;2-6H,1H3;2*1-2H3;1H;;/q;-2;;;;-1;;. The number of carboxylic acids is 1. The molecule has 4 aromatic carbocycles. The van der Waals surface area contributed by atoms with Crippen molar-refractivity contribution < 1.29 is 94.4 Å². The van der Waals surface area contributed by atoms with E-state index in [9.17, 15) is 14.4 Å². The van der Waals surface area contributed by atoms with Crippen LogP contribution < -0.4 is 4.74 Å². The average molecular weight is 752 g/mol. The fourth-order valence-corrected chi connectivity index (χ4v) is 3.62. The van der Waals surface area contributed by atoms with Crippen LogP contribution in [0, 0.1) is 19.9 Å². The Hall–Kier alpha value is -2.28. The maximum Gasteiger partial charge on any atom is 0.335 e. The van der Waals surface area contributed by atoms with Crippen LogP contribution in [-0.4, -0.2) is 30.6 Å². The molecule has 0 saturated heterocycles. The minimum atomic E-state index is -1.02. The van der Waals surface area contributed by atoms with Gasteiger partial charge in [0.15, 0.2) is 0 Å². The number of aromatic carboxylic acids is 1. The summed E-state index contributed by atoms with van der Waals surface area (Å²) >= 11 is 1.34. The van der Waals surface area contributed by atoms with Crippen molar-refractivity contribution in [2.45, 2.75) is 51.3 Å². The van der Waals surface area contributed by atoms with Gasteiger partial charge in [0.2, 0.25) is 0 Å². The van der Waals surface area contributed by atoms with E-state index in [1.807, 2.05) is 83.1 Å². The van der Waals surface area contributed by atoms with Crippen LogP contribution in [0.4, 0.5) is 0 Å². The van der Waals surface area contributed by atoms with Gasteiger partial charge < -0.3 is 19.4 Å². The van der Waals surface area contributed by atoms with E-state index in [1.54, 1.807) is 24.5 Å². The molecule has 4 aromatic rings. The van der Waals surface area contributed by atoms with Gasteiger partial charge in [-0.1, -0.05) is 100 Å². The third-order valence-electron chi connectivity index (χ3n) is 4.34. The summed E-state index contributed by atoms with van der Waals surface area (Å²) in [7, 11) is 0. The predicted molar refractivity (Wildman–Crippen MR) is 166 cm³/mol. The van der Waals surface area contributed by atoms with Gasteiger partial charge in [-0.3, -0.25) is 11.6 Å². The SMILES string of the molecule is CC.CC.Cc1[c-]ccc([C-]=O)c1.Cc1ccccc1.O=COc1ccc(C(=O)O)cc1Sc1ccccc1.[CH-]=O.[Y].[Y]. The molecule has 0 amide bonds. The predicted octanol–water partition coefficient (Wildman–Crippen LogP) is 8.09. The molecule has 0 aliphatic rings. The Morgan fingerprint density at radius 1 is 0.860 bits per heavy atom. The fraction of sp³-hybridized carbons (Fsp3) is 0.176. The Balaban J connectivity index is -0.000000266. The van der Waals surface area contributed by atoms with Gasteiger partial charge in [0.25, 0.3) is 6.47 Å². The van der Waals surface area contributed by atoms with Crippen LogP contribution >= 0.6 is 11.8 Å². The van der Waals surface area contributed by atoms with E-state index in [4.69, 9.17) is 14.6 Å². The summed E-state index contributed by atoms with van der Waals surface area (Å²) in [5, 5.41) is 8.98. The van der Waals surface area contributed by atoms with E-state index in [-0.39, 0.29) is 71.0 Å². The molecular formula is C34H37O6SY2-3. The number of hydrogen-bond donors (Lipinski definition) is 1. The fourth-order valence-electron chi connectivity index (χ4n) is 2.67. The zero-order valence-electron chi connectivity index (χ0n) is 25.4. The second kappa shape index (κ2) is 32.6. The molecule has 1 N–H and O–H groups in total. The molecule has 2 radical (unpaired) electrons. The number of carbonyl (C=O) groups is 2. The Morgan fingerprint density at radius 3 is 1.79 bits per heavy atom. The molecule has 0 unspecified atom stereocenters. The Bertz CT molecular complexity index is 1260. The van der Waals surface area contributed by atoms with Gasteiger partial charge >= 0.3 is 5.97 Å². The van der Waals surface area contributed by atoms with Crippen molar-refractivity contribution in [3.05, 3.63) is 125 Å². The van der Waals surface area contributed by atoms with Crippen molar-refractivity contribution in [3.63, 3.8) is 0 Å². The number of benzene rings is 4. The first-order chi connectivity index (χ1) is 19.9. The summed E-state index contributed by atoms with van der Waals surface area (Å²) < 4.78 is 4.85. The van der Waals surface area contributed by atoms with E-state index in [0.29, 0.717) is 22.7 Å². The van der Waals surface area contributed by atoms with Crippen LogP contribution in [0.2, 0.25) is 0 Å². The monoisotopic (exact) mass is 751 g/mol. The molecule has 6 nitrogen and oxygen atoms in total. The quantitative estimate of drug-likeness (QED) is 0.157. The van der Waals surface area contributed by atoms with Crippen LogP contribution in [0.5, 0.6) is 5.75 Å². The van der Waals surface area contributed by atoms with E-state index in [2.05, 4.69) is 31.9 Å². The van der Waals surface area contributed by atoms with Crippen LogP contribution in [0.3, 0.4) is 0 Å². The van der Waals surface area contributed by atoms with Crippen LogP contribution in [-0.2, 0) is 79.8 Å². The number of ether oxygens (including phenoxy) is 1. The second-order valence-electron chi connectivity index (χ2n) is 7.11. The topological polar surface area (TPSA) is 97.7 Å². The van der Waals surface area contributed by atoms with Crippen molar-refractivity contribution >= 4 is 37.3 Å². The Kier molecular flexibility index (Phi) is 36.2. The maximum absolute atomic E-state index is 11.0. The third-order valence-corrected chi connectivity index (χ3v) is 5.39. The summed E-state index contributed by atoms with van der Waals surface area (Å²) in [5.74, 6) is -0.679. The third kappa shape index (κ3) is 22.9. The van der Waals surface area contributed by atoms with Crippen LogP contribution in [0.15, 0.2) is 107 Å². The number of rotatable bonds is 6. The van der Waals surface area contributed by atoms with E-state index in [0.717, 1.165) is 10.5 Å². The summed E-state index contributed by atoms with van der Waals surface area (Å²) in [6, 6.07) is 32.1. The molecule has 0 aliphatic heterocycles. The van der Waals surface area contributed by atoms with Crippen molar-refractivity contribution in [2.24, 2.45) is 0 Å². The molecular weight excluding hydrogens is 714 g/mol. The van der Waals surface area contributed by atoms with Gasteiger partial charge in [0.05, 0.1) is 16.7 Å². The average Bonchev–Trinajstić information content (AvgIpc) is 3.02. The number of aryl methyl sites for hydroxylation is 2. The van der Waals surface area contributed by atoms with Crippen molar-refractivity contribution in [1.82, 2.24) is 0 Å². The minimum absolute atomic E-state index is 0. The van der Waals surface area contributed by atoms with Crippen LogP contribution in [0.25, 0.3) is 0 Å².